The first kappa shape index (κ1) is 12.3. The average Bonchev–Trinajstić information content (AvgIpc) is 2.14. The highest BCUT2D eigenvalue weighted by Crippen LogP contribution is 2.22. The summed E-state index contributed by atoms with van der Waals surface area (Å²) in [5.41, 5.74) is 7.66. The van der Waals surface area contributed by atoms with Crippen LogP contribution in [0.15, 0.2) is 22.7 Å². The molecule has 0 unspecified atom stereocenters. The topological polar surface area (TPSA) is 41.3 Å². The van der Waals surface area contributed by atoms with Crippen LogP contribution in [-0.4, -0.2) is 32.1 Å². The molecular weight excluding hydrogens is 254 g/mol. The van der Waals surface area contributed by atoms with E-state index < -0.39 is 0 Å². The molecule has 0 radical (unpaired) electrons. The lowest BCUT2D eigenvalue weighted by Crippen LogP contribution is -2.16. The fraction of sp³-hybridized carbons (Fsp3) is 0.455. The van der Waals surface area contributed by atoms with E-state index in [0.29, 0.717) is 0 Å². The van der Waals surface area contributed by atoms with Crippen LogP contribution in [-0.2, 0) is 0 Å². The van der Waals surface area contributed by atoms with Crippen molar-refractivity contribution in [2.75, 3.05) is 38.2 Å². The van der Waals surface area contributed by atoms with E-state index in [4.69, 9.17) is 5.73 Å². The number of nitrogens with two attached hydrogens (primary N) is 1. The highest BCUT2D eigenvalue weighted by Gasteiger charge is 1.98. The van der Waals surface area contributed by atoms with E-state index in [1.54, 1.807) is 0 Å². The second-order valence-corrected chi connectivity index (χ2v) is 4.73. The van der Waals surface area contributed by atoms with Gasteiger partial charge in [-0.1, -0.05) is 15.9 Å². The van der Waals surface area contributed by atoms with E-state index >= 15 is 0 Å². The lowest BCUT2D eigenvalue weighted by molar-refractivity contribution is 0.405. The first-order valence-electron chi connectivity index (χ1n) is 5.03. The fourth-order valence-electron chi connectivity index (χ4n) is 1.31. The molecule has 15 heavy (non-hydrogen) atoms. The Bertz CT molecular complexity index is 313. The van der Waals surface area contributed by atoms with Crippen LogP contribution in [0.1, 0.15) is 6.42 Å². The summed E-state index contributed by atoms with van der Waals surface area (Å²) in [4.78, 5) is 2.17. The summed E-state index contributed by atoms with van der Waals surface area (Å²) in [6.07, 6.45) is 1.11. The van der Waals surface area contributed by atoms with Crippen molar-refractivity contribution in [2.45, 2.75) is 6.42 Å². The Morgan fingerprint density at radius 1 is 1.40 bits per heavy atom. The van der Waals surface area contributed by atoms with Gasteiger partial charge in [-0.15, -0.1) is 0 Å². The number of hydrogen-bond acceptors (Lipinski definition) is 3. The Kier molecular flexibility index (Phi) is 4.91. The van der Waals surface area contributed by atoms with Gasteiger partial charge in [0.25, 0.3) is 0 Å². The van der Waals surface area contributed by atoms with E-state index in [1.165, 1.54) is 0 Å². The monoisotopic (exact) mass is 271 g/mol. The van der Waals surface area contributed by atoms with Crippen LogP contribution in [0.25, 0.3) is 0 Å². The molecule has 0 aliphatic carbocycles. The molecule has 84 valence electrons. The minimum Gasteiger partial charge on any atom is -0.397 e. The molecule has 3 N–H and O–H groups in total. The summed E-state index contributed by atoms with van der Waals surface area (Å²) in [6, 6.07) is 5.90. The fourth-order valence-corrected chi connectivity index (χ4v) is 1.69. The van der Waals surface area contributed by atoms with Crippen LogP contribution in [0, 0.1) is 0 Å². The summed E-state index contributed by atoms with van der Waals surface area (Å²) in [6.45, 7) is 2.04. The van der Waals surface area contributed by atoms with Crippen molar-refractivity contribution >= 4 is 27.3 Å². The van der Waals surface area contributed by atoms with Crippen LogP contribution in [0.4, 0.5) is 11.4 Å². The minimum atomic E-state index is 0.786. The molecule has 0 saturated carbocycles. The molecule has 4 heteroatoms. The predicted octanol–water partition coefficient (Wildman–Crippen LogP) is 2.39. The van der Waals surface area contributed by atoms with Crippen molar-refractivity contribution in [3.05, 3.63) is 22.7 Å². The summed E-state index contributed by atoms with van der Waals surface area (Å²) in [5.74, 6) is 0. The molecule has 1 rings (SSSR count). The Morgan fingerprint density at radius 3 is 2.73 bits per heavy atom. The van der Waals surface area contributed by atoms with Crippen molar-refractivity contribution in [1.29, 1.82) is 0 Å². The van der Waals surface area contributed by atoms with Crippen LogP contribution in [0.3, 0.4) is 0 Å². The maximum absolute atomic E-state index is 5.86. The molecule has 0 heterocycles. The van der Waals surface area contributed by atoms with Gasteiger partial charge in [0.15, 0.2) is 0 Å². The Balaban J connectivity index is 2.37. The SMILES string of the molecule is CN(C)CCCNc1ccc(Br)cc1N. The quantitative estimate of drug-likeness (QED) is 0.639. The van der Waals surface area contributed by atoms with Crippen LogP contribution >= 0.6 is 15.9 Å². The zero-order valence-electron chi connectivity index (χ0n) is 9.26. The Labute approximate surface area is 99.8 Å². The predicted molar refractivity (Wildman–Crippen MR) is 70.2 cm³/mol. The summed E-state index contributed by atoms with van der Waals surface area (Å²) >= 11 is 3.38. The summed E-state index contributed by atoms with van der Waals surface area (Å²) < 4.78 is 1.01. The number of nitrogen functional groups attached to an aromatic ring is 1. The molecule has 0 spiro atoms. The molecule has 0 atom stereocenters. The van der Waals surface area contributed by atoms with Gasteiger partial charge in [0.1, 0.15) is 0 Å². The molecule has 0 bridgehead atoms. The van der Waals surface area contributed by atoms with Gasteiger partial charge in [-0.25, -0.2) is 0 Å². The van der Waals surface area contributed by atoms with Crippen LogP contribution in [0.2, 0.25) is 0 Å². The second-order valence-electron chi connectivity index (χ2n) is 3.82. The average molecular weight is 272 g/mol. The lowest BCUT2D eigenvalue weighted by Gasteiger charge is -2.12. The van der Waals surface area contributed by atoms with Gasteiger partial charge in [0.05, 0.1) is 11.4 Å². The number of nitrogens with zero attached hydrogens (tertiary/aromatic N) is 1. The van der Waals surface area contributed by atoms with Gasteiger partial charge in [0, 0.05) is 11.0 Å². The molecule has 0 fully saturated rings. The first-order chi connectivity index (χ1) is 7.09. The van der Waals surface area contributed by atoms with Gasteiger partial charge in [0.2, 0.25) is 0 Å². The van der Waals surface area contributed by atoms with Gasteiger partial charge in [-0.3, -0.25) is 0 Å². The molecule has 1 aromatic carbocycles. The van der Waals surface area contributed by atoms with E-state index in [9.17, 15) is 0 Å². The Morgan fingerprint density at radius 2 is 2.13 bits per heavy atom. The maximum Gasteiger partial charge on any atom is 0.0574 e. The molecule has 0 aliphatic heterocycles. The van der Waals surface area contributed by atoms with Crippen LogP contribution < -0.4 is 11.1 Å². The molecular formula is C11H18BrN3. The van der Waals surface area contributed by atoms with Crippen molar-refractivity contribution in [3.63, 3.8) is 0 Å². The number of rotatable bonds is 5. The minimum absolute atomic E-state index is 0.786. The summed E-state index contributed by atoms with van der Waals surface area (Å²) in [5, 5.41) is 3.32. The standard InChI is InChI=1S/C11H18BrN3/c1-15(2)7-3-6-14-11-5-4-9(12)8-10(11)13/h4-5,8,14H,3,6-7,13H2,1-2H3. The zero-order valence-corrected chi connectivity index (χ0v) is 10.8. The smallest absolute Gasteiger partial charge is 0.0574 e. The molecule has 0 aromatic heterocycles. The maximum atomic E-state index is 5.86. The van der Waals surface area contributed by atoms with Gasteiger partial charge >= 0.3 is 0 Å². The second kappa shape index (κ2) is 5.98. The highest BCUT2D eigenvalue weighted by molar-refractivity contribution is 9.10. The Hall–Kier alpha value is -0.740. The van der Waals surface area contributed by atoms with Gasteiger partial charge in [-0.05, 0) is 45.3 Å². The third-order valence-corrected chi connectivity index (χ3v) is 2.60. The van der Waals surface area contributed by atoms with E-state index in [0.717, 1.165) is 35.4 Å². The van der Waals surface area contributed by atoms with Crippen molar-refractivity contribution in [1.82, 2.24) is 4.90 Å². The van der Waals surface area contributed by atoms with Crippen LogP contribution in [0.5, 0.6) is 0 Å². The van der Waals surface area contributed by atoms with E-state index in [1.807, 2.05) is 18.2 Å². The third-order valence-electron chi connectivity index (χ3n) is 2.11. The van der Waals surface area contributed by atoms with Crippen molar-refractivity contribution < 1.29 is 0 Å². The summed E-state index contributed by atoms with van der Waals surface area (Å²) in [7, 11) is 4.15. The van der Waals surface area contributed by atoms with E-state index in [2.05, 4.69) is 40.2 Å². The molecule has 0 saturated heterocycles. The number of benzene rings is 1. The molecule has 0 aliphatic rings. The number of nitrogens with one attached hydrogen (secondary N) is 1. The lowest BCUT2D eigenvalue weighted by atomic mass is 10.2. The van der Waals surface area contributed by atoms with E-state index in [-0.39, 0.29) is 0 Å². The first-order valence-corrected chi connectivity index (χ1v) is 5.82. The largest absolute Gasteiger partial charge is 0.397 e. The molecule has 0 amide bonds. The zero-order chi connectivity index (χ0) is 11.3. The normalized spacial score (nSPS) is 10.7. The van der Waals surface area contributed by atoms with Gasteiger partial charge < -0.3 is 16.0 Å². The molecule has 1 aromatic rings. The third kappa shape index (κ3) is 4.53. The number of anilines is 2. The van der Waals surface area contributed by atoms with Crippen molar-refractivity contribution in [2.24, 2.45) is 0 Å². The number of halogens is 1. The highest BCUT2D eigenvalue weighted by atomic mass is 79.9. The number of hydrogen-bond donors (Lipinski definition) is 2. The molecule has 3 nitrogen and oxygen atoms in total. The van der Waals surface area contributed by atoms with Gasteiger partial charge in [-0.2, -0.15) is 0 Å². The van der Waals surface area contributed by atoms with Crippen molar-refractivity contribution in [3.8, 4) is 0 Å².